The van der Waals surface area contributed by atoms with Crippen LogP contribution in [-0.2, 0) is 13.1 Å². The third-order valence-corrected chi connectivity index (χ3v) is 5.22. The van der Waals surface area contributed by atoms with Crippen molar-refractivity contribution in [2.45, 2.75) is 58.5 Å². The molecule has 0 aliphatic rings. The van der Waals surface area contributed by atoms with Crippen LogP contribution in [-0.4, -0.2) is 21.5 Å². The number of unbranched alkanes of at least 4 members (excludes halogenated alkanes) is 5. The number of nitrogens with one attached hydrogen (secondary N) is 1. The van der Waals surface area contributed by atoms with Gasteiger partial charge in [-0.3, -0.25) is 0 Å². The van der Waals surface area contributed by atoms with Crippen molar-refractivity contribution < 1.29 is 0 Å². The van der Waals surface area contributed by atoms with Crippen LogP contribution < -0.4 is 5.32 Å². The third-order valence-electron chi connectivity index (χ3n) is 4.98. The van der Waals surface area contributed by atoms with E-state index >= 15 is 0 Å². The summed E-state index contributed by atoms with van der Waals surface area (Å²) in [7, 11) is 0. The molecule has 2 aromatic carbocycles. The second kappa shape index (κ2) is 11.7. The van der Waals surface area contributed by atoms with Gasteiger partial charge >= 0.3 is 0 Å². The molecule has 4 nitrogen and oxygen atoms in total. The van der Waals surface area contributed by atoms with Gasteiger partial charge in [0.25, 0.3) is 0 Å². The van der Waals surface area contributed by atoms with Gasteiger partial charge in [-0.25, -0.2) is 0 Å². The molecule has 5 heteroatoms. The fourth-order valence-corrected chi connectivity index (χ4v) is 3.64. The molecular weight excluding hydrogens is 380 g/mol. The summed E-state index contributed by atoms with van der Waals surface area (Å²) in [6.07, 6.45) is 7.84. The molecule has 0 radical (unpaired) electrons. The number of nitrogens with zero attached hydrogens (tertiary/aromatic N) is 3. The van der Waals surface area contributed by atoms with Gasteiger partial charge in [-0.1, -0.05) is 93.1 Å². The summed E-state index contributed by atoms with van der Waals surface area (Å²) in [6.45, 7) is 4.61. The average Bonchev–Trinajstić information content (AvgIpc) is 3.13. The first kappa shape index (κ1) is 21.5. The second-order valence-corrected chi connectivity index (χ2v) is 7.90. The first-order valence-electron chi connectivity index (χ1n) is 10.7. The van der Waals surface area contributed by atoms with Crippen LogP contribution in [0.1, 0.15) is 56.7 Å². The molecule has 0 amide bonds. The first-order chi connectivity index (χ1) is 14.3. The minimum Gasteiger partial charge on any atom is -0.311 e. The Hall–Kier alpha value is -2.17. The average molecular weight is 411 g/mol. The van der Waals surface area contributed by atoms with Gasteiger partial charge in [0.2, 0.25) is 0 Å². The maximum Gasteiger partial charge on any atom is 0.117 e. The van der Waals surface area contributed by atoms with Crippen LogP contribution in [0.2, 0.25) is 5.02 Å². The van der Waals surface area contributed by atoms with Gasteiger partial charge in [0.1, 0.15) is 11.4 Å². The lowest BCUT2D eigenvalue weighted by Gasteiger charge is -2.04. The normalized spacial score (nSPS) is 11.1. The Bertz CT molecular complexity index is 860. The van der Waals surface area contributed by atoms with Crippen LogP contribution in [0.5, 0.6) is 0 Å². The summed E-state index contributed by atoms with van der Waals surface area (Å²) in [6, 6.07) is 18.1. The summed E-state index contributed by atoms with van der Waals surface area (Å²) in [5.41, 5.74) is 4.13. The van der Waals surface area contributed by atoms with Crippen molar-refractivity contribution in [1.29, 1.82) is 0 Å². The lowest BCUT2D eigenvalue weighted by molar-refractivity contribution is 0.556. The van der Waals surface area contributed by atoms with E-state index in [0.717, 1.165) is 40.6 Å². The van der Waals surface area contributed by atoms with E-state index in [2.05, 4.69) is 24.4 Å². The molecule has 3 rings (SSSR count). The summed E-state index contributed by atoms with van der Waals surface area (Å²) >= 11 is 6.12. The van der Waals surface area contributed by atoms with Gasteiger partial charge in [-0.05, 0) is 30.7 Å². The van der Waals surface area contributed by atoms with Gasteiger partial charge in [0.05, 0.1) is 6.54 Å². The Kier molecular flexibility index (Phi) is 8.72. The van der Waals surface area contributed by atoms with E-state index in [4.69, 9.17) is 21.8 Å². The number of hydrogen-bond donors (Lipinski definition) is 1. The second-order valence-electron chi connectivity index (χ2n) is 7.47. The van der Waals surface area contributed by atoms with Crippen molar-refractivity contribution in [1.82, 2.24) is 20.3 Å². The molecule has 0 saturated carbocycles. The van der Waals surface area contributed by atoms with Crippen LogP contribution in [0.25, 0.3) is 11.3 Å². The van der Waals surface area contributed by atoms with Crippen molar-refractivity contribution in [3.63, 3.8) is 0 Å². The van der Waals surface area contributed by atoms with Crippen molar-refractivity contribution in [3.8, 4) is 11.3 Å². The van der Waals surface area contributed by atoms with Gasteiger partial charge in [-0.2, -0.15) is 15.0 Å². The van der Waals surface area contributed by atoms with Crippen molar-refractivity contribution in [2.75, 3.05) is 6.54 Å². The molecule has 0 spiro atoms. The molecule has 3 aromatic rings. The zero-order chi connectivity index (χ0) is 20.3. The largest absolute Gasteiger partial charge is 0.311 e. The predicted molar refractivity (Wildman–Crippen MR) is 121 cm³/mol. The van der Waals surface area contributed by atoms with Crippen LogP contribution in [0.4, 0.5) is 0 Å². The fraction of sp³-hybridized carbons (Fsp3) is 0.417. The van der Waals surface area contributed by atoms with Crippen LogP contribution in [0, 0.1) is 0 Å². The van der Waals surface area contributed by atoms with Crippen molar-refractivity contribution in [2.24, 2.45) is 0 Å². The van der Waals surface area contributed by atoms with Gasteiger partial charge in [0, 0.05) is 17.1 Å². The lowest BCUT2D eigenvalue weighted by atomic mass is 10.1. The Morgan fingerprint density at radius 3 is 2.48 bits per heavy atom. The predicted octanol–water partition coefficient (Wildman–Crippen LogP) is 6.10. The summed E-state index contributed by atoms with van der Waals surface area (Å²) in [5.74, 6) is 0. The molecule has 1 N–H and O–H groups in total. The maximum atomic E-state index is 6.12. The molecule has 0 fully saturated rings. The number of aromatic nitrogens is 3. The van der Waals surface area contributed by atoms with Crippen molar-refractivity contribution in [3.05, 3.63) is 70.9 Å². The SMILES string of the molecule is CCCCCCCCNCc1nn(Cc2cccc(Cl)c2)nc1-c1ccccc1. The highest BCUT2D eigenvalue weighted by Crippen LogP contribution is 2.21. The molecule has 0 aliphatic heterocycles. The minimum atomic E-state index is 0.609. The smallest absolute Gasteiger partial charge is 0.117 e. The van der Waals surface area contributed by atoms with Gasteiger partial charge in [0.15, 0.2) is 0 Å². The highest BCUT2D eigenvalue weighted by Gasteiger charge is 2.13. The molecular formula is C24H31ClN4. The topological polar surface area (TPSA) is 42.7 Å². The Morgan fingerprint density at radius 2 is 1.69 bits per heavy atom. The molecule has 0 unspecified atom stereocenters. The zero-order valence-corrected chi connectivity index (χ0v) is 18.0. The number of rotatable bonds is 12. The van der Waals surface area contributed by atoms with E-state index < -0.39 is 0 Å². The third kappa shape index (κ3) is 6.98. The monoisotopic (exact) mass is 410 g/mol. The molecule has 0 saturated heterocycles. The highest BCUT2D eigenvalue weighted by molar-refractivity contribution is 6.30. The molecule has 154 valence electrons. The molecule has 1 heterocycles. The quantitative estimate of drug-likeness (QED) is 0.367. The Labute approximate surface area is 179 Å². The Balaban J connectivity index is 1.62. The van der Waals surface area contributed by atoms with Gasteiger partial charge in [-0.15, -0.1) is 0 Å². The van der Waals surface area contributed by atoms with E-state index in [1.165, 1.54) is 38.5 Å². The highest BCUT2D eigenvalue weighted by atomic mass is 35.5. The summed E-state index contributed by atoms with van der Waals surface area (Å²) in [5, 5.41) is 13.8. The van der Waals surface area contributed by atoms with Crippen molar-refractivity contribution >= 4 is 11.6 Å². The molecule has 0 bridgehead atoms. The fourth-order valence-electron chi connectivity index (χ4n) is 3.43. The lowest BCUT2D eigenvalue weighted by Crippen LogP contribution is -2.16. The van der Waals surface area contributed by atoms with E-state index in [1.807, 2.05) is 42.5 Å². The summed E-state index contributed by atoms with van der Waals surface area (Å²) < 4.78 is 0. The van der Waals surface area contributed by atoms with Gasteiger partial charge < -0.3 is 5.32 Å². The van der Waals surface area contributed by atoms with Crippen LogP contribution in [0.3, 0.4) is 0 Å². The van der Waals surface area contributed by atoms with E-state index in [-0.39, 0.29) is 0 Å². The zero-order valence-electron chi connectivity index (χ0n) is 17.3. The standard InChI is InChI=1S/C24H31ClN4/c1-2-3-4-5-6-10-16-26-18-23-24(21-13-8-7-9-14-21)28-29(27-23)19-20-12-11-15-22(25)17-20/h7-9,11-15,17,26H,2-6,10,16,18-19H2,1H3. The summed E-state index contributed by atoms with van der Waals surface area (Å²) in [4.78, 5) is 1.77. The molecule has 0 aliphatic carbocycles. The molecule has 29 heavy (non-hydrogen) atoms. The molecule has 1 aromatic heterocycles. The maximum absolute atomic E-state index is 6.12. The van der Waals surface area contributed by atoms with E-state index in [9.17, 15) is 0 Å². The van der Waals surface area contributed by atoms with Crippen LogP contribution >= 0.6 is 11.6 Å². The number of benzene rings is 2. The van der Waals surface area contributed by atoms with E-state index in [0.29, 0.717) is 6.54 Å². The number of halogens is 1. The van der Waals surface area contributed by atoms with Crippen LogP contribution in [0.15, 0.2) is 54.6 Å². The number of hydrogen-bond acceptors (Lipinski definition) is 3. The first-order valence-corrected chi connectivity index (χ1v) is 11.1. The van der Waals surface area contributed by atoms with E-state index in [1.54, 1.807) is 4.80 Å². The minimum absolute atomic E-state index is 0.609. The molecule has 0 atom stereocenters. The Morgan fingerprint density at radius 1 is 0.897 bits per heavy atom.